The fraction of sp³-hybridized carbons (Fsp3) is 0.214. The fourth-order valence-corrected chi connectivity index (χ4v) is 2.18. The molecule has 0 unspecified atom stereocenters. The predicted molar refractivity (Wildman–Crippen MR) is 69.4 cm³/mol. The molecule has 0 spiro atoms. The van der Waals surface area contributed by atoms with Crippen LogP contribution in [-0.4, -0.2) is 0 Å². The van der Waals surface area contributed by atoms with Crippen LogP contribution in [0.4, 0.5) is 0 Å². The van der Waals surface area contributed by atoms with Gasteiger partial charge in [0.05, 0.1) is 0 Å². The lowest BCUT2D eigenvalue weighted by Gasteiger charge is -2.03. The number of halogens is 1. The Balaban J connectivity index is 2.31. The summed E-state index contributed by atoms with van der Waals surface area (Å²) in [6, 6.07) is 12.7. The lowest BCUT2D eigenvalue weighted by atomic mass is 10.2. The third-order valence-corrected chi connectivity index (χ3v) is 3.48. The molecule has 0 atom stereocenters. The van der Waals surface area contributed by atoms with Gasteiger partial charge in [-0.25, -0.2) is 0 Å². The minimum atomic E-state index is 0.910. The maximum absolute atomic E-state index is 3.58. The van der Waals surface area contributed by atoms with E-state index in [2.05, 4.69) is 70.9 Å². The van der Waals surface area contributed by atoms with Crippen LogP contribution in [-0.2, 0) is 6.54 Å². The minimum absolute atomic E-state index is 0.910. The van der Waals surface area contributed by atoms with Crippen molar-refractivity contribution in [2.45, 2.75) is 20.4 Å². The highest BCUT2D eigenvalue weighted by Crippen LogP contribution is 2.15. The molecule has 0 saturated carbocycles. The van der Waals surface area contributed by atoms with Crippen molar-refractivity contribution >= 4 is 15.9 Å². The van der Waals surface area contributed by atoms with Crippen molar-refractivity contribution < 1.29 is 4.57 Å². The first-order valence-electron chi connectivity index (χ1n) is 5.37. The van der Waals surface area contributed by atoms with E-state index in [4.69, 9.17) is 0 Å². The van der Waals surface area contributed by atoms with E-state index in [0.29, 0.717) is 0 Å². The summed E-state index contributed by atoms with van der Waals surface area (Å²) in [5.74, 6) is 0. The summed E-state index contributed by atoms with van der Waals surface area (Å²) in [5, 5.41) is 0. The normalized spacial score (nSPS) is 10.4. The SMILES string of the molecule is Cc1cc[n+](Cc2ccccc2Br)c(C)c1. The van der Waals surface area contributed by atoms with Crippen LogP contribution >= 0.6 is 15.9 Å². The van der Waals surface area contributed by atoms with Gasteiger partial charge in [0, 0.05) is 29.1 Å². The molecule has 82 valence electrons. The van der Waals surface area contributed by atoms with E-state index in [1.165, 1.54) is 21.3 Å². The van der Waals surface area contributed by atoms with Gasteiger partial charge in [-0.1, -0.05) is 34.1 Å². The summed E-state index contributed by atoms with van der Waals surface area (Å²) >= 11 is 3.58. The van der Waals surface area contributed by atoms with Gasteiger partial charge in [0.15, 0.2) is 18.4 Å². The Morgan fingerprint density at radius 2 is 1.88 bits per heavy atom. The summed E-state index contributed by atoms with van der Waals surface area (Å²) in [6.07, 6.45) is 2.14. The van der Waals surface area contributed by atoms with Gasteiger partial charge in [-0.2, -0.15) is 4.57 Å². The van der Waals surface area contributed by atoms with E-state index in [1.807, 2.05) is 6.07 Å². The molecule has 0 bridgehead atoms. The van der Waals surface area contributed by atoms with Crippen molar-refractivity contribution in [3.63, 3.8) is 0 Å². The van der Waals surface area contributed by atoms with Crippen molar-refractivity contribution in [1.82, 2.24) is 0 Å². The van der Waals surface area contributed by atoms with E-state index in [1.54, 1.807) is 0 Å². The maximum atomic E-state index is 3.58. The van der Waals surface area contributed by atoms with Gasteiger partial charge >= 0.3 is 0 Å². The first-order valence-corrected chi connectivity index (χ1v) is 6.16. The fourth-order valence-electron chi connectivity index (χ4n) is 1.77. The smallest absolute Gasteiger partial charge is 0.178 e. The molecule has 0 fully saturated rings. The molecule has 1 heterocycles. The highest BCUT2D eigenvalue weighted by Gasteiger charge is 2.09. The number of hydrogen-bond acceptors (Lipinski definition) is 0. The molecule has 1 aromatic carbocycles. The van der Waals surface area contributed by atoms with Gasteiger partial charge < -0.3 is 0 Å². The molecule has 0 aliphatic carbocycles. The summed E-state index contributed by atoms with van der Waals surface area (Å²) in [5.41, 5.74) is 3.90. The molecule has 1 nitrogen and oxygen atoms in total. The van der Waals surface area contributed by atoms with Crippen molar-refractivity contribution in [3.8, 4) is 0 Å². The van der Waals surface area contributed by atoms with Crippen molar-refractivity contribution in [3.05, 3.63) is 63.9 Å². The molecule has 0 aliphatic heterocycles. The molecule has 2 heteroatoms. The Kier molecular flexibility index (Phi) is 3.39. The zero-order valence-corrected chi connectivity index (χ0v) is 11.2. The molecule has 0 N–H and O–H groups in total. The van der Waals surface area contributed by atoms with Crippen LogP contribution < -0.4 is 4.57 Å². The zero-order valence-electron chi connectivity index (χ0n) is 9.57. The first-order chi connectivity index (χ1) is 7.66. The number of aromatic nitrogens is 1. The van der Waals surface area contributed by atoms with Crippen LogP contribution in [0.1, 0.15) is 16.8 Å². The summed E-state index contributed by atoms with van der Waals surface area (Å²) in [6.45, 7) is 5.17. The monoisotopic (exact) mass is 276 g/mol. The highest BCUT2D eigenvalue weighted by atomic mass is 79.9. The molecule has 0 aliphatic rings. The summed E-state index contributed by atoms with van der Waals surface area (Å²) in [7, 11) is 0. The van der Waals surface area contributed by atoms with Crippen LogP contribution in [0.5, 0.6) is 0 Å². The topological polar surface area (TPSA) is 3.88 Å². The van der Waals surface area contributed by atoms with E-state index < -0.39 is 0 Å². The van der Waals surface area contributed by atoms with Crippen molar-refractivity contribution in [1.29, 1.82) is 0 Å². The van der Waals surface area contributed by atoms with Gasteiger partial charge in [-0.05, 0) is 18.6 Å². The van der Waals surface area contributed by atoms with E-state index in [-0.39, 0.29) is 0 Å². The van der Waals surface area contributed by atoms with Gasteiger partial charge in [-0.3, -0.25) is 0 Å². The molecule has 0 radical (unpaired) electrons. The molecule has 0 saturated heterocycles. The number of hydrogen-bond donors (Lipinski definition) is 0. The van der Waals surface area contributed by atoms with E-state index in [0.717, 1.165) is 6.54 Å². The van der Waals surface area contributed by atoms with E-state index >= 15 is 0 Å². The third-order valence-electron chi connectivity index (χ3n) is 2.71. The number of benzene rings is 1. The highest BCUT2D eigenvalue weighted by molar-refractivity contribution is 9.10. The maximum Gasteiger partial charge on any atom is 0.178 e. The van der Waals surface area contributed by atoms with Crippen molar-refractivity contribution in [2.24, 2.45) is 0 Å². The van der Waals surface area contributed by atoms with Crippen LogP contribution in [0, 0.1) is 13.8 Å². The minimum Gasteiger partial charge on any atom is -0.198 e. The number of aryl methyl sites for hydroxylation is 2. The Labute approximate surface area is 105 Å². The Bertz CT molecular complexity index is 506. The predicted octanol–water partition coefficient (Wildman–Crippen LogP) is 3.40. The zero-order chi connectivity index (χ0) is 11.5. The molecule has 16 heavy (non-hydrogen) atoms. The average molecular weight is 277 g/mol. The van der Waals surface area contributed by atoms with Gasteiger partial charge in [0.2, 0.25) is 0 Å². The second kappa shape index (κ2) is 4.79. The van der Waals surface area contributed by atoms with E-state index in [9.17, 15) is 0 Å². The second-order valence-corrected chi connectivity index (χ2v) is 4.92. The molecular formula is C14H15BrN+. The lowest BCUT2D eigenvalue weighted by Crippen LogP contribution is -2.37. The number of rotatable bonds is 2. The standard InChI is InChI=1S/C14H15BrN/c1-11-7-8-16(12(2)9-11)10-13-5-3-4-6-14(13)15/h3-9H,10H2,1-2H3/q+1. The van der Waals surface area contributed by atoms with Crippen molar-refractivity contribution in [2.75, 3.05) is 0 Å². The van der Waals surface area contributed by atoms with Gasteiger partial charge in [0.25, 0.3) is 0 Å². The van der Waals surface area contributed by atoms with Crippen LogP contribution in [0.2, 0.25) is 0 Å². The quantitative estimate of drug-likeness (QED) is 0.741. The largest absolute Gasteiger partial charge is 0.198 e. The average Bonchev–Trinajstić information content (AvgIpc) is 2.25. The van der Waals surface area contributed by atoms with Crippen LogP contribution in [0.15, 0.2) is 47.1 Å². The van der Waals surface area contributed by atoms with Crippen LogP contribution in [0.25, 0.3) is 0 Å². The number of nitrogens with zero attached hydrogens (tertiary/aromatic N) is 1. The number of pyridine rings is 1. The van der Waals surface area contributed by atoms with Gasteiger partial charge in [0.1, 0.15) is 0 Å². The Hall–Kier alpha value is -1.15. The Morgan fingerprint density at radius 3 is 2.56 bits per heavy atom. The molecule has 1 aromatic heterocycles. The summed E-state index contributed by atoms with van der Waals surface area (Å²) in [4.78, 5) is 0. The molecule has 2 aromatic rings. The van der Waals surface area contributed by atoms with Gasteiger partial charge in [-0.15, -0.1) is 0 Å². The lowest BCUT2D eigenvalue weighted by molar-refractivity contribution is -0.694. The first kappa shape index (κ1) is 11.3. The molecule has 2 rings (SSSR count). The molecule has 0 amide bonds. The second-order valence-electron chi connectivity index (χ2n) is 4.06. The van der Waals surface area contributed by atoms with Crippen LogP contribution in [0.3, 0.4) is 0 Å². The third kappa shape index (κ3) is 2.50. The molecular weight excluding hydrogens is 262 g/mol. The summed E-state index contributed by atoms with van der Waals surface area (Å²) < 4.78 is 3.43. The Morgan fingerprint density at radius 1 is 1.12 bits per heavy atom.